The first-order valence-corrected chi connectivity index (χ1v) is 4.07. The second-order valence-corrected chi connectivity index (χ2v) is 2.98. The fourth-order valence-electron chi connectivity index (χ4n) is 1.14. The summed E-state index contributed by atoms with van der Waals surface area (Å²) >= 11 is 0. The monoisotopic (exact) mass is 230 g/mol. The molecule has 0 aliphatic rings. The Balaban J connectivity index is 3.31. The van der Waals surface area contributed by atoms with Crippen LogP contribution in [0, 0.1) is 21.4 Å². The number of nitro benzene ring substituents is 1. The topological polar surface area (TPSA) is 66.9 Å². The Hall–Kier alpha value is -2.10. The second kappa shape index (κ2) is 4.18. The van der Waals surface area contributed by atoms with Gasteiger partial charge in [-0.3, -0.25) is 10.1 Å². The van der Waals surface area contributed by atoms with Crippen LogP contribution in [0.3, 0.4) is 0 Å². The van der Waals surface area contributed by atoms with Crippen molar-refractivity contribution in [1.82, 2.24) is 0 Å². The van der Waals surface area contributed by atoms with E-state index in [0.29, 0.717) is 6.07 Å². The molecule has 0 heterocycles. The van der Waals surface area contributed by atoms with E-state index in [-0.39, 0.29) is 12.0 Å². The van der Waals surface area contributed by atoms with E-state index >= 15 is 0 Å². The smallest absolute Gasteiger partial charge is 0.258 e. The number of halogens is 3. The summed E-state index contributed by atoms with van der Waals surface area (Å²) < 4.78 is 37.0. The van der Waals surface area contributed by atoms with E-state index in [1.807, 2.05) is 0 Å². The molecule has 1 aromatic rings. The van der Waals surface area contributed by atoms with Gasteiger partial charge in [-0.15, -0.1) is 0 Å². The average Bonchev–Trinajstić information content (AvgIpc) is 2.16. The molecule has 0 saturated carbocycles. The lowest BCUT2D eigenvalue weighted by Crippen LogP contribution is -2.06. The van der Waals surface area contributed by atoms with Crippen molar-refractivity contribution in [3.05, 3.63) is 39.4 Å². The van der Waals surface area contributed by atoms with Crippen molar-refractivity contribution in [3.63, 3.8) is 0 Å². The molecule has 0 bridgehead atoms. The summed E-state index contributed by atoms with van der Waals surface area (Å²) in [4.78, 5) is 9.47. The maximum atomic E-state index is 12.3. The van der Waals surface area contributed by atoms with Crippen LogP contribution < -0.4 is 0 Å². The lowest BCUT2D eigenvalue weighted by Gasteiger charge is -2.07. The van der Waals surface area contributed by atoms with E-state index in [9.17, 15) is 23.3 Å². The Morgan fingerprint density at radius 2 is 2.00 bits per heavy atom. The van der Waals surface area contributed by atoms with Crippen molar-refractivity contribution < 1.29 is 18.1 Å². The number of hydrogen-bond donors (Lipinski definition) is 0. The number of rotatable bonds is 2. The zero-order chi connectivity index (χ0) is 12.3. The van der Waals surface area contributed by atoms with E-state index < -0.39 is 22.4 Å². The lowest BCUT2D eigenvalue weighted by molar-refractivity contribution is -0.385. The lowest BCUT2D eigenvalue weighted by atomic mass is 10.1. The molecule has 0 aliphatic heterocycles. The molecule has 0 aliphatic carbocycles. The van der Waals surface area contributed by atoms with Crippen molar-refractivity contribution in [2.45, 2.75) is 12.6 Å². The summed E-state index contributed by atoms with van der Waals surface area (Å²) in [6.07, 6.45) is -4.96. The van der Waals surface area contributed by atoms with E-state index in [1.54, 1.807) is 6.07 Å². The SMILES string of the molecule is N#CCc1cc([N+](=O)[O-])cc(C(F)(F)F)c1. The minimum absolute atomic E-state index is 0.0241. The van der Waals surface area contributed by atoms with Crippen molar-refractivity contribution in [2.24, 2.45) is 0 Å². The van der Waals surface area contributed by atoms with Crippen molar-refractivity contribution >= 4 is 5.69 Å². The number of alkyl halides is 3. The van der Waals surface area contributed by atoms with Crippen LogP contribution in [0.15, 0.2) is 18.2 Å². The Labute approximate surface area is 88.1 Å². The molecule has 0 amide bonds. The summed E-state index contributed by atoms with van der Waals surface area (Å²) in [5.41, 5.74) is -1.81. The molecule has 16 heavy (non-hydrogen) atoms. The third kappa shape index (κ3) is 2.70. The van der Waals surface area contributed by atoms with Gasteiger partial charge in [-0.05, 0) is 11.6 Å². The molecule has 0 fully saturated rings. The molecule has 0 saturated heterocycles. The highest BCUT2D eigenvalue weighted by Crippen LogP contribution is 2.32. The van der Waals surface area contributed by atoms with Gasteiger partial charge in [0.2, 0.25) is 0 Å². The van der Waals surface area contributed by atoms with Crippen LogP contribution in [0.25, 0.3) is 0 Å². The van der Waals surface area contributed by atoms with Crippen LogP contribution in [0.1, 0.15) is 11.1 Å². The number of nitrogens with zero attached hydrogens (tertiary/aromatic N) is 2. The molecule has 4 nitrogen and oxygen atoms in total. The first-order chi connectivity index (χ1) is 7.34. The van der Waals surface area contributed by atoms with E-state index in [2.05, 4.69) is 0 Å². The third-order valence-corrected chi connectivity index (χ3v) is 1.80. The number of benzene rings is 1. The van der Waals surface area contributed by atoms with Gasteiger partial charge in [0, 0.05) is 12.1 Å². The highest BCUT2D eigenvalue weighted by Gasteiger charge is 2.32. The van der Waals surface area contributed by atoms with Gasteiger partial charge >= 0.3 is 6.18 Å². The quantitative estimate of drug-likeness (QED) is 0.579. The molecule has 84 valence electrons. The van der Waals surface area contributed by atoms with E-state index in [4.69, 9.17) is 5.26 Å². The number of nitro groups is 1. The van der Waals surface area contributed by atoms with Crippen LogP contribution >= 0.6 is 0 Å². The first-order valence-electron chi connectivity index (χ1n) is 4.07. The van der Waals surface area contributed by atoms with Gasteiger partial charge < -0.3 is 0 Å². The van der Waals surface area contributed by atoms with Crippen LogP contribution in [0.4, 0.5) is 18.9 Å². The molecule has 7 heteroatoms. The summed E-state index contributed by atoms with van der Waals surface area (Å²) in [5, 5.41) is 18.7. The van der Waals surface area contributed by atoms with Gasteiger partial charge in [-0.1, -0.05) is 0 Å². The Bertz CT molecular complexity index is 463. The Morgan fingerprint density at radius 3 is 2.44 bits per heavy atom. The van der Waals surface area contributed by atoms with Crippen LogP contribution in [0.5, 0.6) is 0 Å². The average molecular weight is 230 g/mol. The summed E-state index contributed by atoms with van der Waals surface area (Å²) in [6.45, 7) is 0. The highest BCUT2D eigenvalue weighted by atomic mass is 19.4. The van der Waals surface area contributed by atoms with Gasteiger partial charge in [-0.2, -0.15) is 18.4 Å². The van der Waals surface area contributed by atoms with E-state index in [1.165, 1.54) is 0 Å². The Morgan fingerprint density at radius 1 is 1.38 bits per heavy atom. The zero-order valence-electron chi connectivity index (χ0n) is 7.78. The number of nitriles is 1. The maximum Gasteiger partial charge on any atom is 0.416 e. The molecule has 0 spiro atoms. The maximum absolute atomic E-state index is 12.3. The minimum Gasteiger partial charge on any atom is -0.258 e. The van der Waals surface area contributed by atoms with Gasteiger partial charge in [0.05, 0.1) is 23.0 Å². The summed E-state index contributed by atoms with van der Waals surface area (Å²) in [7, 11) is 0. The van der Waals surface area contributed by atoms with Gasteiger partial charge in [0.25, 0.3) is 5.69 Å². The van der Waals surface area contributed by atoms with Crippen molar-refractivity contribution in [3.8, 4) is 6.07 Å². The molecule has 0 atom stereocenters. The first kappa shape index (κ1) is 12.0. The van der Waals surface area contributed by atoms with Crippen molar-refractivity contribution in [2.75, 3.05) is 0 Å². The van der Waals surface area contributed by atoms with E-state index in [0.717, 1.165) is 12.1 Å². The molecule has 1 rings (SSSR count). The number of non-ortho nitro benzene ring substituents is 1. The predicted molar refractivity (Wildman–Crippen MR) is 47.4 cm³/mol. The molecule has 0 unspecified atom stereocenters. The molecule has 0 N–H and O–H groups in total. The van der Waals surface area contributed by atoms with Crippen LogP contribution in [-0.2, 0) is 12.6 Å². The largest absolute Gasteiger partial charge is 0.416 e. The summed E-state index contributed by atoms with van der Waals surface area (Å²) in [6, 6.07) is 3.77. The molecular formula is C9H5F3N2O2. The molecule has 0 aromatic heterocycles. The minimum atomic E-state index is -4.66. The van der Waals surface area contributed by atoms with Crippen molar-refractivity contribution in [1.29, 1.82) is 5.26 Å². The number of hydrogen-bond acceptors (Lipinski definition) is 3. The fourth-order valence-corrected chi connectivity index (χ4v) is 1.14. The fraction of sp³-hybridized carbons (Fsp3) is 0.222. The second-order valence-electron chi connectivity index (χ2n) is 2.98. The predicted octanol–water partition coefficient (Wildman–Crippen LogP) is 2.68. The third-order valence-electron chi connectivity index (χ3n) is 1.80. The van der Waals surface area contributed by atoms with Crippen LogP contribution in [-0.4, -0.2) is 4.92 Å². The van der Waals surface area contributed by atoms with Gasteiger partial charge in [0.15, 0.2) is 0 Å². The zero-order valence-corrected chi connectivity index (χ0v) is 7.78. The normalized spacial score (nSPS) is 10.9. The highest BCUT2D eigenvalue weighted by molar-refractivity contribution is 5.41. The molecule has 0 radical (unpaired) electrons. The standard InChI is InChI=1S/C9H5F3N2O2/c10-9(11,12)7-3-6(1-2-13)4-8(5-7)14(15)16/h3-5H,1H2. The van der Waals surface area contributed by atoms with Gasteiger partial charge in [0.1, 0.15) is 0 Å². The van der Waals surface area contributed by atoms with Crippen LogP contribution in [0.2, 0.25) is 0 Å². The molecular weight excluding hydrogens is 225 g/mol. The summed E-state index contributed by atoms with van der Waals surface area (Å²) in [5.74, 6) is 0. The van der Waals surface area contributed by atoms with Gasteiger partial charge in [-0.25, -0.2) is 0 Å². The Kier molecular flexibility index (Phi) is 3.13. The molecule has 1 aromatic carbocycles.